The minimum Gasteiger partial charge on any atom is -0.398 e. The first-order valence-corrected chi connectivity index (χ1v) is 5.39. The first-order chi connectivity index (χ1) is 8.20. The number of amides is 1. The summed E-state index contributed by atoms with van der Waals surface area (Å²) in [5, 5.41) is 6.83. The van der Waals surface area contributed by atoms with E-state index in [1.165, 1.54) is 0 Å². The number of carbonyl (C=O) groups excluding carboxylic acids is 1. The van der Waals surface area contributed by atoms with Crippen molar-refractivity contribution in [2.24, 2.45) is 0 Å². The highest BCUT2D eigenvalue weighted by atomic mass is 16.1. The van der Waals surface area contributed by atoms with Crippen molar-refractivity contribution in [2.75, 3.05) is 11.1 Å². The maximum absolute atomic E-state index is 11.9. The summed E-state index contributed by atoms with van der Waals surface area (Å²) in [4.78, 5) is 11.9. The van der Waals surface area contributed by atoms with Crippen LogP contribution in [-0.2, 0) is 6.54 Å². The second-order valence-electron chi connectivity index (χ2n) is 3.63. The molecule has 0 atom stereocenters. The molecule has 1 heterocycles. The van der Waals surface area contributed by atoms with Gasteiger partial charge in [-0.15, -0.1) is 0 Å². The predicted octanol–water partition coefficient (Wildman–Crippen LogP) is 1.74. The van der Waals surface area contributed by atoms with Crippen molar-refractivity contribution in [1.82, 2.24) is 9.78 Å². The van der Waals surface area contributed by atoms with E-state index >= 15 is 0 Å². The van der Waals surface area contributed by atoms with Crippen molar-refractivity contribution < 1.29 is 4.79 Å². The van der Waals surface area contributed by atoms with E-state index in [1.54, 1.807) is 41.3 Å². The first-order valence-electron chi connectivity index (χ1n) is 5.39. The van der Waals surface area contributed by atoms with Crippen molar-refractivity contribution in [3.05, 3.63) is 42.2 Å². The number of anilines is 2. The van der Waals surface area contributed by atoms with Crippen molar-refractivity contribution in [3.8, 4) is 0 Å². The average Bonchev–Trinajstić information content (AvgIpc) is 2.77. The van der Waals surface area contributed by atoms with Gasteiger partial charge in [0.1, 0.15) is 0 Å². The number of nitrogens with one attached hydrogen (secondary N) is 1. The van der Waals surface area contributed by atoms with E-state index in [1.807, 2.05) is 6.92 Å². The average molecular weight is 230 g/mol. The molecule has 0 fully saturated rings. The zero-order valence-electron chi connectivity index (χ0n) is 9.55. The van der Waals surface area contributed by atoms with Gasteiger partial charge in [0, 0.05) is 18.4 Å². The summed E-state index contributed by atoms with van der Waals surface area (Å²) < 4.78 is 1.74. The molecule has 1 aromatic carbocycles. The van der Waals surface area contributed by atoms with Crippen LogP contribution in [0.1, 0.15) is 17.3 Å². The number of carbonyl (C=O) groups is 1. The molecular weight excluding hydrogens is 216 g/mol. The standard InChI is InChI=1S/C12H14N4O/c1-2-16-8-9(7-14-16)15-12(17)10-5-3-4-6-11(10)13/h3-8H,2,13H2,1H3,(H,15,17). The second kappa shape index (κ2) is 4.69. The highest BCUT2D eigenvalue weighted by Gasteiger charge is 2.09. The molecule has 0 spiro atoms. The molecule has 2 aromatic rings. The van der Waals surface area contributed by atoms with Gasteiger partial charge in [-0.3, -0.25) is 9.48 Å². The fraction of sp³-hybridized carbons (Fsp3) is 0.167. The molecule has 17 heavy (non-hydrogen) atoms. The molecule has 0 aliphatic rings. The number of para-hydroxylation sites is 1. The molecule has 0 aliphatic carbocycles. The number of hydrogen-bond donors (Lipinski definition) is 2. The van der Waals surface area contributed by atoms with E-state index in [2.05, 4.69) is 10.4 Å². The Labute approximate surface area is 99.2 Å². The quantitative estimate of drug-likeness (QED) is 0.789. The lowest BCUT2D eigenvalue weighted by Gasteiger charge is -2.04. The molecule has 1 amide bonds. The van der Waals surface area contributed by atoms with Crippen molar-refractivity contribution in [2.45, 2.75) is 13.5 Å². The van der Waals surface area contributed by atoms with Crippen LogP contribution in [0.5, 0.6) is 0 Å². The van der Waals surface area contributed by atoms with Crippen molar-refractivity contribution in [3.63, 3.8) is 0 Å². The monoisotopic (exact) mass is 230 g/mol. The molecule has 1 aromatic heterocycles. The van der Waals surface area contributed by atoms with Crippen LogP contribution in [0.2, 0.25) is 0 Å². The van der Waals surface area contributed by atoms with Gasteiger partial charge >= 0.3 is 0 Å². The van der Waals surface area contributed by atoms with Gasteiger partial charge in [0.05, 0.1) is 17.4 Å². The van der Waals surface area contributed by atoms with Gasteiger partial charge in [-0.25, -0.2) is 0 Å². The Hall–Kier alpha value is -2.30. The Bertz CT molecular complexity index is 533. The highest BCUT2D eigenvalue weighted by Crippen LogP contribution is 2.13. The normalized spacial score (nSPS) is 10.2. The number of benzene rings is 1. The number of nitrogens with two attached hydrogens (primary N) is 1. The van der Waals surface area contributed by atoms with Gasteiger partial charge in [-0.05, 0) is 19.1 Å². The molecule has 0 saturated heterocycles. The molecule has 0 aliphatic heterocycles. The van der Waals surface area contributed by atoms with Crippen LogP contribution in [0.15, 0.2) is 36.7 Å². The summed E-state index contributed by atoms with van der Waals surface area (Å²) in [7, 11) is 0. The molecule has 5 heteroatoms. The van der Waals surface area contributed by atoms with E-state index in [0.29, 0.717) is 16.9 Å². The van der Waals surface area contributed by atoms with Crippen LogP contribution < -0.4 is 11.1 Å². The topological polar surface area (TPSA) is 72.9 Å². The number of aryl methyl sites for hydroxylation is 1. The van der Waals surface area contributed by atoms with Crippen LogP contribution in [0.3, 0.4) is 0 Å². The Morgan fingerprint density at radius 2 is 2.24 bits per heavy atom. The summed E-state index contributed by atoms with van der Waals surface area (Å²) >= 11 is 0. The molecule has 5 nitrogen and oxygen atoms in total. The molecule has 0 unspecified atom stereocenters. The van der Waals surface area contributed by atoms with E-state index < -0.39 is 0 Å². The number of nitrogens with zero attached hydrogens (tertiary/aromatic N) is 2. The van der Waals surface area contributed by atoms with Gasteiger partial charge in [-0.2, -0.15) is 5.10 Å². The molecule has 2 rings (SSSR count). The molecule has 0 saturated carbocycles. The largest absolute Gasteiger partial charge is 0.398 e. The summed E-state index contributed by atoms with van der Waals surface area (Å²) in [5.41, 5.74) is 7.33. The zero-order valence-corrected chi connectivity index (χ0v) is 9.55. The molecule has 88 valence electrons. The summed E-state index contributed by atoms with van der Waals surface area (Å²) in [6, 6.07) is 6.96. The smallest absolute Gasteiger partial charge is 0.257 e. The third-order valence-electron chi connectivity index (χ3n) is 2.42. The Kier molecular flexibility index (Phi) is 3.09. The highest BCUT2D eigenvalue weighted by molar-refractivity contribution is 6.07. The van der Waals surface area contributed by atoms with Gasteiger partial charge < -0.3 is 11.1 Å². The van der Waals surface area contributed by atoms with Crippen LogP contribution >= 0.6 is 0 Å². The van der Waals surface area contributed by atoms with Gasteiger partial charge in [0.15, 0.2) is 0 Å². The van der Waals surface area contributed by atoms with E-state index in [0.717, 1.165) is 6.54 Å². The fourth-order valence-electron chi connectivity index (χ4n) is 1.50. The Balaban J connectivity index is 2.14. The van der Waals surface area contributed by atoms with Crippen LogP contribution in [0.4, 0.5) is 11.4 Å². The molecular formula is C12H14N4O. The maximum atomic E-state index is 11.9. The van der Waals surface area contributed by atoms with Crippen molar-refractivity contribution >= 4 is 17.3 Å². The third kappa shape index (κ3) is 2.44. The van der Waals surface area contributed by atoms with E-state index in [-0.39, 0.29) is 5.91 Å². The van der Waals surface area contributed by atoms with Crippen LogP contribution in [0.25, 0.3) is 0 Å². The molecule has 3 N–H and O–H groups in total. The van der Waals surface area contributed by atoms with Crippen LogP contribution in [-0.4, -0.2) is 15.7 Å². The van der Waals surface area contributed by atoms with Crippen LogP contribution in [0, 0.1) is 0 Å². The SMILES string of the molecule is CCn1cc(NC(=O)c2ccccc2N)cn1. The second-order valence-corrected chi connectivity index (χ2v) is 3.63. The lowest BCUT2D eigenvalue weighted by molar-refractivity contribution is 0.102. The van der Waals surface area contributed by atoms with Gasteiger partial charge in [0.25, 0.3) is 5.91 Å². The number of aromatic nitrogens is 2. The Morgan fingerprint density at radius 1 is 1.47 bits per heavy atom. The summed E-state index contributed by atoms with van der Waals surface area (Å²) in [6.07, 6.45) is 3.39. The number of hydrogen-bond acceptors (Lipinski definition) is 3. The molecule has 0 radical (unpaired) electrons. The minimum absolute atomic E-state index is 0.223. The lowest BCUT2D eigenvalue weighted by Crippen LogP contribution is -2.13. The Morgan fingerprint density at radius 3 is 2.88 bits per heavy atom. The third-order valence-corrected chi connectivity index (χ3v) is 2.42. The predicted molar refractivity (Wildman–Crippen MR) is 66.7 cm³/mol. The summed E-state index contributed by atoms with van der Waals surface area (Å²) in [5.74, 6) is -0.223. The number of nitrogen functional groups attached to an aromatic ring is 1. The fourth-order valence-corrected chi connectivity index (χ4v) is 1.50. The van der Waals surface area contributed by atoms with E-state index in [9.17, 15) is 4.79 Å². The molecule has 0 bridgehead atoms. The lowest BCUT2D eigenvalue weighted by atomic mass is 10.1. The summed E-state index contributed by atoms with van der Waals surface area (Å²) in [6.45, 7) is 2.75. The van der Waals surface area contributed by atoms with Crippen molar-refractivity contribution in [1.29, 1.82) is 0 Å². The number of rotatable bonds is 3. The van der Waals surface area contributed by atoms with Gasteiger partial charge in [-0.1, -0.05) is 12.1 Å². The first kappa shape index (κ1) is 11.2. The maximum Gasteiger partial charge on any atom is 0.257 e. The van der Waals surface area contributed by atoms with E-state index in [4.69, 9.17) is 5.73 Å². The minimum atomic E-state index is -0.223. The van der Waals surface area contributed by atoms with Gasteiger partial charge in [0.2, 0.25) is 0 Å². The zero-order chi connectivity index (χ0) is 12.3.